The van der Waals surface area contributed by atoms with E-state index in [4.69, 9.17) is 9.47 Å². The van der Waals surface area contributed by atoms with Crippen LogP contribution in [-0.4, -0.2) is 42.7 Å². The predicted octanol–water partition coefficient (Wildman–Crippen LogP) is 4.67. The van der Waals surface area contributed by atoms with Crippen LogP contribution in [0.4, 0.5) is 18.9 Å². The van der Waals surface area contributed by atoms with Crippen LogP contribution in [0.2, 0.25) is 0 Å². The summed E-state index contributed by atoms with van der Waals surface area (Å²) >= 11 is 0. The molecule has 1 fully saturated rings. The zero-order chi connectivity index (χ0) is 24.1. The lowest BCUT2D eigenvalue weighted by Crippen LogP contribution is -2.51. The van der Waals surface area contributed by atoms with Gasteiger partial charge in [0.25, 0.3) is 5.91 Å². The first-order chi connectivity index (χ1) is 16.3. The van der Waals surface area contributed by atoms with E-state index >= 15 is 0 Å². The second kappa shape index (κ2) is 7.90. The van der Waals surface area contributed by atoms with Gasteiger partial charge in [0, 0.05) is 37.0 Å². The van der Waals surface area contributed by atoms with E-state index in [-0.39, 0.29) is 11.3 Å². The Bertz CT molecular complexity index is 1240. The highest BCUT2D eigenvalue weighted by Crippen LogP contribution is 2.44. The number of alkyl halides is 3. The van der Waals surface area contributed by atoms with Gasteiger partial charge in [-0.25, -0.2) is 0 Å². The third-order valence-electron chi connectivity index (χ3n) is 6.59. The molecule has 2 aliphatic rings. The molecule has 34 heavy (non-hydrogen) atoms. The number of carbonyl (C=O) groups is 1. The minimum atomic E-state index is -4.62. The van der Waals surface area contributed by atoms with Gasteiger partial charge in [-0.2, -0.15) is 13.2 Å². The van der Waals surface area contributed by atoms with Crippen molar-refractivity contribution >= 4 is 11.6 Å². The minimum absolute atomic E-state index is 0.0131. The Morgan fingerprint density at radius 1 is 1.09 bits per heavy atom. The molecule has 176 valence electrons. The number of nitrogens with one attached hydrogen (secondary N) is 1. The second-order valence-corrected chi connectivity index (χ2v) is 8.42. The summed E-state index contributed by atoms with van der Waals surface area (Å²) in [6.45, 7) is 0.757. The monoisotopic (exact) mass is 469 g/mol. The Kier molecular flexibility index (Phi) is 5.12. The smallest absolute Gasteiger partial charge is 0.419 e. The van der Waals surface area contributed by atoms with Crippen molar-refractivity contribution in [2.75, 3.05) is 32.6 Å². The lowest BCUT2D eigenvalue weighted by Gasteiger charge is -2.45. The molecule has 0 radical (unpaired) electrons. The van der Waals surface area contributed by atoms with Gasteiger partial charge in [0.15, 0.2) is 0 Å². The van der Waals surface area contributed by atoms with Crippen LogP contribution in [0.5, 0.6) is 11.5 Å². The summed E-state index contributed by atoms with van der Waals surface area (Å²) in [5.41, 5.74) is 1.38. The fourth-order valence-corrected chi connectivity index (χ4v) is 4.81. The highest BCUT2D eigenvalue weighted by atomic mass is 19.4. The summed E-state index contributed by atoms with van der Waals surface area (Å²) in [6.07, 6.45) is -0.347. The molecule has 1 N–H and O–H groups in total. The number of ether oxygens (including phenoxy) is 2. The zero-order valence-electron chi connectivity index (χ0n) is 18.6. The molecular weight excluding hydrogens is 447 g/mol. The van der Waals surface area contributed by atoms with Gasteiger partial charge in [-0.05, 0) is 49.2 Å². The van der Waals surface area contributed by atoms with Crippen LogP contribution in [0.15, 0.2) is 42.5 Å². The van der Waals surface area contributed by atoms with Crippen LogP contribution >= 0.6 is 0 Å². The van der Waals surface area contributed by atoms with Crippen molar-refractivity contribution < 1.29 is 27.4 Å². The number of benzene rings is 2. The van der Waals surface area contributed by atoms with E-state index in [2.05, 4.69) is 17.6 Å². The maximum Gasteiger partial charge on any atom is 0.419 e. The van der Waals surface area contributed by atoms with Gasteiger partial charge in [-0.3, -0.25) is 9.36 Å². The van der Waals surface area contributed by atoms with Crippen molar-refractivity contribution in [2.45, 2.75) is 24.6 Å². The molecule has 1 saturated heterocycles. The van der Waals surface area contributed by atoms with Crippen LogP contribution in [0.3, 0.4) is 0 Å². The number of likely N-dealkylation sites (tertiary alicyclic amines) is 1. The number of methoxy groups -OCH3 is 2. The van der Waals surface area contributed by atoms with Crippen molar-refractivity contribution in [2.24, 2.45) is 0 Å². The van der Waals surface area contributed by atoms with Crippen LogP contribution in [0.1, 0.15) is 34.5 Å². The predicted molar refractivity (Wildman–Crippen MR) is 118 cm³/mol. The fraction of sp³-hybridized carbons (Fsp3) is 0.320. The van der Waals surface area contributed by atoms with E-state index in [1.54, 1.807) is 12.0 Å². The maximum absolute atomic E-state index is 13.4. The summed E-state index contributed by atoms with van der Waals surface area (Å²) < 4.78 is 52.4. The maximum atomic E-state index is 13.4. The number of nitrogens with zero attached hydrogens (tertiary/aromatic N) is 2. The molecule has 1 amide bonds. The van der Waals surface area contributed by atoms with Crippen molar-refractivity contribution in [1.29, 1.82) is 0 Å². The number of fused-ring (bicyclic) bond motifs is 4. The van der Waals surface area contributed by atoms with Gasteiger partial charge >= 0.3 is 6.18 Å². The zero-order valence-corrected chi connectivity index (χ0v) is 18.6. The lowest BCUT2D eigenvalue weighted by atomic mass is 9.82. The third kappa shape index (κ3) is 3.50. The van der Waals surface area contributed by atoms with Crippen LogP contribution in [0.25, 0.3) is 5.69 Å². The molecule has 0 aliphatic carbocycles. The van der Waals surface area contributed by atoms with Gasteiger partial charge in [-0.1, -0.05) is 0 Å². The van der Waals surface area contributed by atoms with Crippen LogP contribution < -0.4 is 14.8 Å². The molecule has 5 rings (SSSR count). The van der Waals surface area contributed by atoms with E-state index in [1.165, 1.54) is 19.2 Å². The third-order valence-corrected chi connectivity index (χ3v) is 6.59. The van der Waals surface area contributed by atoms with E-state index in [0.717, 1.165) is 23.1 Å². The van der Waals surface area contributed by atoms with Crippen LogP contribution in [0, 0.1) is 12.3 Å². The Hall–Kier alpha value is -3.80. The van der Waals surface area contributed by atoms with Crippen molar-refractivity contribution in [1.82, 2.24) is 9.47 Å². The van der Waals surface area contributed by atoms with Gasteiger partial charge in [0.1, 0.15) is 11.5 Å². The Morgan fingerprint density at radius 2 is 1.85 bits per heavy atom. The topological polar surface area (TPSA) is 55.7 Å². The summed E-state index contributed by atoms with van der Waals surface area (Å²) in [4.78, 5) is 14.7. The summed E-state index contributed by atoms with van der Waals surface area (Å²) in [5.74, 6) is -0.0293. The van der Waals surface area contributed by atoms with E-state index in [0.29, 0.717) is 31.7 Å². The highest BCUT2D eigenvalue weighted by Gasteiger charge is 2.43. The molecule has 2 aliphatic heterocycles. The van der Waals surface area contributed by atoms with E-state index in [1.807, 2.05) is 28.8 Å². The number of halogens is 3. The molecule has 1 spiro atoms. The first-order valence-corrected chi connectivity index (χ1v) is 10.8. The molecule has 2 aromatic carbocycles. The molecule has 6 nitrogen and oxygen atoms in total. The van der Waals surface area contributed by atoms with Gasteiger partial charge in [0.2, 0.25) is 0 Å². The molecule has 9 heteroatoms. The van der Waals surface area contributed by atoms with Crippen molar-refractivity contribution in [3.05, 3.63) is 71.5 Å². The number of aromatic nitrogens is 1. The first-order valence-electron chi connectivity index (χ1n) is 10.8. The molecule has 0 bridgehead atoms. The van der Waals surface area contributed by atoms with Crippen molar-refractivity contribution in [3.8, 4) is 17.2 Å². The summed E-state index contributed by atoms with van der Waals surface area (Å²) in [7, 11) is 2.78. The average Bonchev–Trinajstić information content (AvgIpc) is 3.34. The highest BCUT2D eigenvalue weighted by molar-refractivity contribution is 5.94. The number of hydrogen-bond donors (Lipinski definition) is 1. The molecule has 3 aromatic rings. The number of rotatable bonds is 3. The van der Waals surface area contributed by atoms with Gasteiger partial charge in [0.05, 0.1) is 42.4 Å². The number of piperidine rings is 1. The average molecular weight is 469 g/mol. The van der Waals surface area contributed by atoms with Gasteiger partial charge < -0.3 is 19.7 Å². The Balaban J connectivity index is 1.39. The summed E-state index contributed by atoms with van der Waals surface area (Å²) in [5, 5.41) is 3.63. The fourth-order valence-electron chi connectivity index (χ4n) is 4.81. The summed E-state index contributed by atoms with van der Waals surface area (Å²) in [6, 6.07) is 14.1. The van der Waals surface area contributed by atoms with Crippen molar-refractivity contribution in [3.63, 3.8) is 0 Å². The molecule has 3 heterocycles. The van der Waals surface area contributed by atoms with E-state index < -0.39 is 23.2 Å². The number of carbonyl (C=O) groups excluding carboxylic acids is 1. The van der Waals surface area contributed by atoms with E-state index in [9.17, 15) is 18.0 Å². The number of amides is 1. The SMILES string of the molecule is COc1ccc2c(c1)NC1(CCN(C(=O)c3ccc(OC)c(C(F)(F)F)c3)CC1)c1cc#cn1-2. The quantitative estimate of drug-likeness (QED) is 0.606. The largest absolute Gasteiger partial charge is 0.497 e. The number of hydrogen-bond acceptors (Lipinski definition) is 4. The molecule has 0 atom stereocenters. The Morgan fingerprint density at radius 3 is 2.53 bits per heavy atom. The molecule has 1 aromatic heterocycles. The molecular formula is C25H22F3N3O3. The Labute approximate surface area is 194 Å². The standard InChI is InChI=1S/C25H22F3N3O3/c1-33-17-6-7-20-19(15-17)29-24(22-4-3-11-31(20)22)9-12-30(13-10-24)23(32)16-5-8-21(34-2)18(14-16)25(26,27)28/h4-8,14-15,29H,9-10,12-13H2,1-2H3. The first kappa shape index (κ1) is 22.0. The molecule has 0 unspecified atom stereocenters. The molecule has 0 saturated carbocycles. The lowest BCUT2D eigenvalue weighted by molar-refractivity contribution is -0.138. The second-order valence-electron chi connectivity index (χ2n) is 8.42. The van der Waals surface area contributed by atoms with Crippen LogP contribution in [-0.2, 0) is 11.7 Å². The number of anilines is 1. The minimum Gasteiger partial charge on any atom is -0.497 e. The normalized spacial score (nSPS) is 16.2. The van der Waals surface area contributed by atoms with Gasteiger partial charge in [-0.15, -0.1) is 0 Å².